The molecule has 4 nitrogen and oxygen atoms in total. The molecule has 0 spiro atoms. The molecule has 21 heavy (non-hydrogen) atoms. The molecule has 0 aliphatic rings. The van der Waals surface area contributed by atoms with E-state index in [0.29, 0.717) is 15.7 Å². The van der Waals surface area contributed by atoms with E-state index < -0.39 is 0 Å². The Morgan fingerprint density at radius 2 is 1.81 bits per heavy atom. The average Bonchev–Trinajstić information content (AvgIpc) is 2.49. The van der Waals surface area contributed by atoms with Gasteiger partial charge in [0.25, 0.3) is 0 Å². The zero-order valence-corrected chi connectivity index (χ0v) is 12.9. The number of benzene rings is 1. The number of amides is 1. The van der Waals surface area contributed by atoms with Gasteiger partial charge in [-0.15, -0.1) is 0 Å². The van der Waals surface area contributed by atoms with Crippen molar-refractivity contribution in [3.63, 3.8) is 0 Å². The lowest BCUT2D eigenvalue weighted by Crippen LogP contribution is -2.30. The Bertz CT molecular complexity index is 599. The van der Waals surface area contributed by atoms with Crippen LogP contribution in [0.25, 0.3) is 0 Å². The summed E-state index contributed by atoms with van der Waals surface area (Å²) in [6.07, 6.45) is 3.44. The summed E-state index contributed by atoms with van der Waals surface area (Å²) >= 11 is 12.0. The van der Waals surface area contributed by atoms with Gasteiger partial charge in [0.15, 0.2) is 0 Å². The minimum Gasteiger partial charge on any atom is -0.322 e. The van der Waals surface area contributed by atoms with Gasteiger partial charge >= 0.3 is 0 Å². The predicted octanol–water partition coefficient (Wildman–Crippen LogP) is 3.68. The van der Waals surface area contributed by atoms with E-state index in [4.69, 9.17) is 23.2 Å². The van der Waals surface area contributed by atoms with Crippen LogP contribution in [0, 0.1) is 0 Å². The smallest absolute Gasteiger partial charge is 0.238 e. The third kappa shape index (κ3) is 4.43. The first-order valence-corrected chi connectivity index (χ1v) is 7.20. The fourth-order valence-corrected chi connectivity index (χ4v) is 2.31. The van der Waals surface area contributed by atoms with Gasteiger partial charge in [0.1, 0.15) is 0 Å². The van der Waals surface area contributed by atoms with E-state index in [1.54, 1.807) is 30.6 Å². The lowest BCUT2D eigenvalue weighted by molar-refractivity contribution is -0.115. The average molecular weight is 324 g/mol. The van der Waals surface area contributed by atoms with Gasteiger partial charge in [0.2, 0.25) is 5.91 Å². The molecule has 0 saturated heterocycles. The highest BCUT2D eigenvalue weighted by molar-refractivity contribution is 6.39. The van der Waals surface area contributed by atoms with Crippen LogP contribution in [-0.4, -0.2) is 17.4 Å². The fraction of sp³-hybridized carbons (Fsp3) is 0.200. The van der Waals surface area contributed by atoms with E-state index >= 15 is 0 Å². The van der Waals surface area contributed by atoms with Crippen molar-refractivity contribution in [1.29, 1.82) is 0 Å². The number of para-hydroxylation sites is 1. The van der Waals surface area contributed by atoms with Gasteiger partial charge in [-0.05, 0) is 36.8 Å². The van der Waals surface area contributed by atoms with Gasteiger partial charge in [-0.25, -0.2) is 0 Å². The number of hydrogen-bond acceptors (Lipinski definition) is 3. The number of halogens is 2. The topological polar surface area (TPSA) is 54.0 Å². The second-order valence-corrected chi connectivity index (χ2v) is 5.34. The van der Waals surface area contributed by atoms with Crippen LogP contribution >= 0.6 is 23.2 Å². The number of carbonyl (C=O) groups excluding carboxylic acids is 1. The fourth-order valence-electron chi connectivity index (χ4n) is 1.82. The maximum absolute atomic E-state index is 11.9. The van der Waals surface area contributed by atoms with Crippen molar-refractivity contribution in [2.24, 2.45) is 0 Å². The van der Waals surface area contributed by atoms with Crippen LogP contribution in [0.4, 0.5) is 5.69 Å². The number of carbonyl (C=O) groups is 1. The van der Waals surface area contributed by atoms with Gasteiger partial charge in [-0.2, -0.15) is 0 Å². The largest absolute Gasteiger partial charge is 0.322 e. The van der Waals surface area contributed by atoms with E-state index in [-0.39, 0.29) is 18.5 Å². The predicted molar refractivity (Wildman–Crippen MR) is 85.7 cm³/mol. The standard InChI is InChI=1S/C15H15Cl2N3O/c1-10(11-5-7-18-8-6-11)19-9-14(21)20-15-12(16)3-2-4-13(15)17/h2-8,10,19H,9H2,1H3,(H,20,21)/t10-/m0/s1. The molecule has 1 heterocycles. The number of hydrogen-bond donors (Lipinski definition) is 2. The van der Waals surface area contributed by atoms with Crippen molar-refractivity contribution in [3.05, 3.63) is 58.3 Å². The van der Waals surface area contributed by atoms with Crippen LogP contribution in [0.1, 0.15) is 18.5 Å². The summed E-state index contributed by atoms with van der Waals surface area (Å²) in [6.45, 7) is 2.14. The molecule has 1 amide bonds. The number of nitrogens with zero attached hydrogens (tertiary/aromatic N) is 1. The molecule has 0 unspecified atom stereocenters. The molecule has 1 aromatic carbocycles. The summed E-state index contributed by atoms with van der Waals surface area (Å²) in [6, 6.07) is 8.93. The van der Waals surface area contributed by atoms with E-state index in [1.807, 2.05) is 19.1 Å². The van der Waals surface area contributed by atoms with E-state index in [2.05, 4.69) is 15.6 Å². The highest BCUT2D eigenvalue weighted by Gasteiger charge is 2.11. The summed E-state index contributed by atoms with van der Waals surface area (Å²) in [4.78, 5) is 15.9. The molecular formula is C15H15Cl2N3O. The summed E-state index contributed by atoms with van der Waals surface area (Å²) in [5.41, 5.74) is 1.50. The number of rotatable bonds is 5. The molecule has 0 aliphatic heterocycles. The van der Waals surface area contributed by atoms with E-state index in [0.717, 1.165) is 5.56 Å². The van der Waals surface area contributed by atoms with E-state index in [9.17, 15) is 4.79 Å². The Labute approximate surface area is 133 Å². The molecule has 2 rings (SSSR count). The van der Waals surface area contributed by atoms with Crippen molar-refractivity contribution < 1.29 is 4.79 Å². The molecule has 0 fully saturated rings. The van der Waals surface area contributed by atoms with Crippen molar-refractivity contribution in [1.82, 2.24) is 10.3 Å². The van der Waals surface area contributed by atoms with Crippen LogP contribution in [0.3, 0.4) is 0 Å². The third-order valence-corrected chi connectivity index (χ3v) is 3.63. The number of nitrogens with one attached hydrogen (secondary N) is 2. The van der Waals surface area contributed by atoms with Crippen LogP contribution in [0.15, 0.2) is 42.7 Å². The number of anilines is 1. The molecule has 2 N–H and O–H groups in total. The second-order valence-electron chi connectivity index (χ2n) is 4.53. The van der Waals surface area contributed by atoms with Crippen LogP contribution in [0.5, 0.6) is 0 Å². The minimum absolute atomic E-state index is 0.0421. The van der Waals surface area contributed by atoms with Crippen molar-refractivity contribution in [2.75, 3.05) is 11.9 Å². The summed E-state index contributed by atoms with van der Waals surface area (Å²) in [7, 11) is 0. The molecule has 110 valence electrons. The van der Waals surface area contributed by atoms with Gasteiger partial charge in [0.05, 0.1) is 22.3 Å². The molecule has 0 aliphatic carbocycles. The lowest BCUT2D eigenvalue weighted by atomic mass is 10.1. The van der Waals surface area contributed by atoms with Gasteiger partial charge in [-0.1, -0.05) is 29.3 Å². The maximum Gasteiger partial charge on any atom is 0.238 e. The van der Waals surface area contributed by atoms with Crippen LogP contribution in [-0.2, 0) is 4.79 Å². The third-order valence-electron chi connectivity index (χ3n) is 3.00. The van der Waals surface area contributed by atoms with Gasteiger partial charge in [0, 0.05) is 18.4 Å². The monoisotopic (exact) mass is 323 g/mol. The lowest BCUT2D eigenvalue weighted by Gasteiger charge is -2.14. The molecule has 6 heteroatoms. The Morgan fingerprint density at radius 1 is 1.19 bits per heavy atom. The normalized spacial score (nSPS) is 12.0. The van der Waals surface area contributed by atoms with Crippen molar-refractivity contribution in [3.8, 4) is 0 Å². The van der Waals surface area contributed by atoms with Crippen molar-refractivity contribution in [2.45, 2.75) is 13.0 Å². The number of pyridine rings is 1. The first kappa shape index (κ1) is 15.8. The molecule has 2 aromatic rings. The Kier molecular flexibility index (Phi) is 5.56. The quantitative estimate of drug-likeness (QED) is 0.882. The highest BCUT2D eigenvalue weighted by Crippen LogP contribution is 2.29. The summed E-state index contributed by atoms with van der Waals surface area (Å²) < 4.78 is 0. The second kappa shape index (κ2) is 7.41. The minimum atomic E-state index is -0.203. The Morgan fingerprint density at radius 3 is 2.43 bits per heavy atom. The first-order chi connectivity index (χ1) is 10.1. The van der Waals surface area contributed by atoms with Crippen molar-refractivity contribution >= 4 is 34.8 Å². The van der Waals surface area contributed by atoms with Gasteiger partial charge < -0.3 is 10.6 Å². The zero-order chi connectivity index (χ0) is 15.2. The summed E-state index contributed by atoms with van der Waals surface area (Å²) in [5.74, 6) is -0.203. The maximum atomic E-state index is 11.9. The molecule has 0 saturated carbocycles. The highest BCUT2D eigenvalue weighted by atomic mass is 35.5. The molecule has 0 radical (unpaired) electrons. The molecule has 1 aromatic heterocycles. The zero-order valence-electron chi connectivity index (χ0n) is 11.4. The Balaban J connectivity index is 1.91. The van der Waals surface area contributed by atoms with E-state index in [1.165, 1.54) is 0 Å². The van der Waals surface area contributed by atoms with Crippen LogP contribution < -0.4 is 10.6 Å². The molecular weight excluding hydrogens is 309 g/mol. The van der Waals surface area contributed by atoms with Crippen LogP contribution in [0.2, 0.25) is 10.0 Å². The molecule has 1 atom stereocenters. The SMILES string of the molecule is C[C@H](NCC(=O)Nc1c(Cl)cccc1Cl)c1ccncc1. The molecule has 0 bridgehead atoms. The number of aromatic nitrogens is 1. The first-order valence-electron chi connectivity index (χ1n) is 6.45. The van der Waals surface area contributed by atoms with Gasteiger partial charge in [-0.3, -0.25) is 9.78 Å². The Hall–Kier alpha value is -1.62. The summed E-state index contributed by atoms with van der Waals surface area (Å²) in [5, 5.41) is 6.67.